The van der Waals surface area contributed by atoms with Crippen molar-refractivity contribution in [3.63, 3.8) is 0 Å². The number of halogens is 4. The Bertz CT molecular complexity index is 610. The van der Waals surface area contributed by atoms with Gasteiger partial charge in [0.05, 0.1) is 16.6 Å². The van der Waals surface area contributed by atoms with Gasteiger partial charge in [-0.25, -0.2) is 0 Å². The molecule has 1 rings (SSSR count). The van der Waals surface area contributed by atoms with Crippen molar-refractivity contribution >= 4 is 33.2 Å². The van der Waals surface area contributed by atoms with E-state index < -0.39 is 40.4 Å². The predicted molar refractivity (Wildman–Crippen MR) is 64.7 cm³/mol. The molecule has 0 aliphatic heterocycles. The van der Waals surface area contributed by atoms with Crippen LogP contribution in [0.3, 0.4) is 0 Å². The highest BCUT2D eigenvalue weighted by atomic mass is 79.9. The summed E-state index contributed by atoms with van der Waals surface area (Å²) in [4.78, 5) is 21.0. The van der Waals surface area contributed by atoms with Crippen LogP contribution in [0.15, 0.2) is 16.6 Å². The van der Waals surface area contributed by atoms with Crippen molar-refractivity contribution in [3.8, 4) is 6.07 Å². The summed E-state index contributed by atoms with van der Waals surface area (Å²) in [6.45, 7) is 0. The van der Waals surface area contributed by atoms with Crippen molar-refractivity contribution in [1.29, 1.82) is 5.26 Å². The molecule has 0 aliphatic carbocycles. The Morgan fingerprint density at radius 2 is 2.10 bits per heavy atom. The molecule has 1 N–H and O–H groups in total. The zero-order valence-corrected chi connectivity index (χ0v) is 11.1. The van der Waals surface area contributed by atoms with Gasteiger partial charge < -0.3 is 5.32 Å². The van der Waals surface area contributed by atoms with Gasteiger partial charge in [-0.1, -0.05) is 15.9 Å². The lowest BCUT2D eigenvalue weighted by atomic mass is 10.1. The van der Waals surface area contributed by atoms with E-state index in [1.54, 1.807) is 5.32 Å². The van der Waals surface area contributed by atoms with Gasteiger partial charge in [0, 0.05) is 10.5 Å². The molecule has 0 atom stereocenters. The number of alkyl halides is 3. The van der Waals surface area contributed by atoms with Gasteiger partial charge in [0.25, 0.3) is 5.69 Å². The summed E-state index contributed by atoms with van der Waals surface area (Å²) >= 11 is 2.74. The van der Waals surface area contributed by atoms with Crippen LogP contribution in [-0.2, 0) is 11.0 Å². The van der Waals surface area contributed by atoms with Crippen molar-refractivity contribution in [2.75, 3.05) is 5.32 Å². The molecule has 20 heavy (non-hydrogen) atoms. The number of carbonyl (C=O) groups is 1. The van der Waals surface area contributed by atoms with Crippen LogP contribution < -0.4 is 5.32 Å². The van der Waals surface area contributed by atoms with E-state index >= 15 is 0 Å². The fourth-order valence-corrected chi connectivity index (χ4v) is 1.79. The number of anilines is 1. The van der Waals surface area contributed by atoms with Gasteiger partial charge in [0.2, 0.25) is 5.91 Å². The molecule has 0 radical (unpaired) electrons. The van der Waals surface area contributed by atoms with E-state index in [-0.39, 0.29) is 4.47 Å². The molecule has 0 spiro atoms. The predicted octanol–water partition coefficient (Wildman–Crippen LogP) is 3.23. The maximum Gasteiger partial charge on any atom is 0.418 e. The van der Waals surface area contributed by atoms with E-state index in [4.69, 9.17) is 5.26 Å². The Labute approximate surface area is 118 Å². The molecule has 106 valence electrons. The minimum atomic E-state index is -4.90. The third-order valence-corrected chi connectivity index (χ3v) is 2.55. The number of carbonyl (C=O) groups excluding carboxylic acids is 1. The Balaban J connectivity index is 3.47. The second kappa shape index (κ2) is 5.87. The van der Waals surface area contributed by atoms with Gasteiger partial charge in [-0.15, -0.1) is 0 Å². The first-order valence-electron chi connectivity index (χ1n) is 4.88. The molecular weight excluding hydrogens is 347 g/mol. The number of nitrogens with one attached hydrogen (secondary N) is 1. The second-order valence-corrected chi connectivity index (χ2v) is 4.40. The summed E-state index contributed by atoms with van der Waals surface area (Å²) in [5.74, 6) is -1.07. The fourth-order valence-electron chi connectivity index (χ4n) is 1.35. The van der Waals surface area contributed by atoms with E-state index in [2.05, 4.69) is 15.9 Å². The first-order chi connectivity index (χ1) is 9.16. The molecule has 0 saturated heterocycles. The van der Waals surface area contributed by atoms with E-state index in [1.165, 1.54) is 6.07 Å². The topological polar surface area (TPSA) is 96.0 Å². The Hall–Kier alpha value is -2.15. The number of nitrogens with zero attached hydrogens (tertiary/aromatic N) is 2. The summed E-state index contributed by atoms with van der Waals surface area (Å²) in [6, 6.07) is 2.87. The maximum absolute atomic E-state index is 12.8. The number of nitro groups is 1. The molecule has 0 saturated carbocycles. The third kappa shape index (κ3) is 3.67. The van der Waals surface area contributed by atoms with Crippen molar-refractivity contribution < 1.29 is 22.9 Å². The van der Waals surface area contributed by atoms with Gasteiger partial charge in [-0.2, -0.15) is 18.4 Å². The number of amides is 1. The largest absolute Gasteiger partial charge is 0.418 e. The SMILES string of the molecule is N#CCC(=O)Nc1c([N+](=O)[O-])cc(Br)cc1C(F)(F)F. The Kier molecular flexibility index (Phi) is 4.67. The van der Waals surface area contributed by atoms with Crippen LogP contribution in [0.2, 0.25) is 0 Å². The van der Waals surface area contributed by atoms with Crippen molar-refractivity contribution in [2.24, 2.45) is 0 Å². The van der Waals surface area contributed by atoms with E-state index in [1.807, 2.05) is 0 Å². The Morgan fingerprint density at radius 1 is 1.50 bits per heavy atom. The van der Waals surface area contributed by atoms with Gasteiger partial charge in [-0.05, 0) is 6.07 Å². The average molecular weight is 352 g/mol. The Morgan fingerprint density at radius 3 is 2.55 bits per heavy atom. The molecule has 1 aromatic rings. The summed E-state index contributed by atoms with van der Waals surface area (Å²) in [6.07, 6.45) is -5.62. The highest BCUT2D eigenvalue weighted by molar-refractivity contribution is 9.10. The standard InChI is InChI=1S/C10H5BrF3N3O3/c11-5-3-6(10(12,13)14)9(7(4-5)17(19)20)16-8(18)1-2-15/h3-4H,1H2,(H,16,18). The molecule has 0 heterocycles. The smallest absolute Gasteiger partial charge is 0.319 e. The maximum atomic E-state index is 12.8. The lowest BCUT2D eigenvalue weighted by Crippen LogP contribution is -2.17. The molecular formula is C10H5BrF3N3O3. The van der Waals surface area contributed by atoms with Gasteiger partial charge in [-0.3, -0.25) is 14.9 Å². The van der Waals surface area contributed by atoms with Gasteiger partial charge >= 0.3 is 6.18 Å². The quantitative estimate of drug-likeness (QED) is 0.667. The number of nitro benzene ring substituents is 1. The van der Waals surface area contributed by atoms with Crippen LogP contribution in [0.25, 0.3) is 0 Å². The zero-order chi connectivity index (χ0) is 15.5. The van der Waals surface area contributed by atoms with E-state index in [0.29, 0.717) is 6.07 Å². The second-order valence-electron chi connectivity index (χ2n) is 3.49. The number of nitriles is 1. The summed E-state index contributed by atoms with van der Waals surface area (Å²) in [7, 11) is 0. The first-order valence-corrected chi connectivity index (χ1v) is 5.68. The molecule has 0 aromatic heterocycles. The minimum absolute atomic E-state index is 0.158. The number of rotatable bonds is 3. The molecule has 0 unspecified atom stereocenters. The van der Waals surface area contributed by atoms with E-state index in [9.17, 15) is 28.1 Å². The van der Waals surface area contributed by atoms with Crippen molar-refractivity contribution in [1.82, 2.24) is 0 Å². The summed E-state index contributed by atoms with van der Waals surface area (Å²) < 4.78 is 38.4. The number of hydrogen-bond acceptors (Lipinski definition) is 4. The molecule has 6 nitrogen and oxygen atoms in total. The van der Waals surface area contributed by atoms with Crippen LogP contribution in [-0.4, -0.2) is 10.8 Å². The van der Waals surface area contributed by atoms with Crippen LogP contribution in [0.5, 0.6) is 0 Å². The highest BCUT2D eigenvalue weighted by Crippen LogP contribution is 2.41. The molecule has 10 heteroatoms. The fraction of sp³-hybridized carbons (Fsp3) is 0.200. The van der Waals surface area contributed by atoms with Crippen molar-refractivity contribution in [2.45, 2.75) is 12.6 Å². The van der Waals surface area contributed by atoms with Crippen LogP contribution >= 0.6 is 15.9 Å². The summed E-state index contributed by atoms with van der Waals surface area (Å²) in [5.41, 5.74) is -3.27. The minimum Gasteiger partial charge on any atom is -0.319 e. The normalized spacial score (nSPS) is 10.8. The van der Waals surface area contributed by atoms with Crippen LogP contribution in [0.1, 0.15) is 12.0 Å². The number of benzene rings is 1. The third-order valence-electron chi connectivity index (χ3n) is 2.09. The van der Waals surface area contributed by atoms with Gasteiger partial charge in [0.15, 0.2) is 0 Å². The first kappa shape index (κ1) is 15.9. The molecule has 1 amide bonds. The molecule has 0 aliphatic rings. The molecule has 0 bridgehead atoms. The molecule has 1 aromatic carbocycles. The lowest BCUT2D eigenvalue weighted by molar-refractivity contribution is -0.384. The monoisotopic (exact) mass is 351 g/mol. The van der Waals surface area contributed by atoms with Crippen LogP contribution in [0, 0.1) is 21.4 Å². The molecule has 0 fully saturated rings. The van der Waals surface area contributed by atoms with Crippen molar-refractivity contribution in [3.05, 3.63) is 32.3 Å². The van der Waals surface area contributed by atoms with E-state index in [0.717, 1.165) is 6.07 Å². The highest BCUT2D eigenvalue weighted by Gasteiger charge is 2.38. The van der Waals surface area contributed by atoms with Gasteiger partial charge in [0.1, 0.15) is 12.1 Å². The zero-order valence-electron chi connectivity index (χ0n) is 9.49. The number of hydrogen-bond donors (Lipinski definition) is 1. The average Bonchev–Trinajstić information content (AvgIpc) is 2.29. The van der Waals surface area contributed by atoms with Crippen LogP contribution in [0.4, 0.5) is 24.5 Å². The summed E-state index contributed by atoms with van der Waals surface area (Å²) in [5, 5.41) is 20.8. The lowest BCUT2D eigenvalue weighted by Gasteiger charge is -2.14.